The Hall–Kier alpha value is -2.86. The molecule has 0 aliphatic carbocycles. The number of para-hydroxylation sites is 2. The third-order valence-electron chi connectivity index (χ3n) is 4.97. The Morgan fingerprint density at radius 1 is 1.00 bits per heavy atom. The van der Waals surface area contributed by atoms with Gasteiger partial charge in [-0.25, -0.2) is 9.78 Å². The van der Waals surface area contributed by atoms with Crippen LogP contribution in [0.2, 0.25) is 0 Å². The molecule has 2 aromatic carbocycles. The molecular weight excluding hydrogens is 326 g/mol. The number of nitrogens with zero attached hydrogens (tertiary/aromatic N) is 4. The average molecular weight is 349 g/mol. The van der Waals surface area contributed by atoms with Crippen LogP contribution in [0.1, 0.15) is 12.0 Å². The summed E-state index contributed by atoms with van der Waals surface area (Å²) >= 11 is 0. The monoisotopic (exact) mass is 349 g/mol. The van der Waals surface area contributed by atoms with Crippen LogP contribution in [0.5, 0.6) is 0 Å². The van der Waals surface area contributed by atoms with Gasteiger partial charge >= 0.3 is 6.03 Å². The Morgan fingerprint density at radius 2 is 1.81 bits per heavy atom. The number of hydrogen-bond donors (Lipinski definition) is 1. The van der Waals surface area contributed by atoms with Crippen LogP contribution in [-0.4, -0.2) is 51.6 Å². The van der Waals surface area contributed by atoms with Gasteiger partial charge in [0, 0.05) is 38.4 Å². The number of primary amides is 1. The fraction of sp³-hybridized carbons (Fsp3) is 0.300. The highest BCUT2D eigenvalue weighted by Gasteiger charge is 2.17. The number of carbonyl (C=O) groups excluding carboxylic acids is 1. The molecule has 4 rings (SSSR count). The average Bonchev–Trinajstić information content (AvgIpc) is 2.94. The minimum Gasteiger partial charge on any atom is -0.351 e. The Balaban J connectivity index is 1.46. The first-order valence-electron chi connectivity index (χ1n) is 8.99. The third kappa shape index (κ3) is 3.41. The maximum Gasteiger partial charge on any atom is 0.314 e. The summed E-state index contributed by atoms with van der Waals surface area (Å²) in [4.78, 5) is 19.9. The quantitative estimate of drug-likeness (QED) is 0.790. The molecule has 0 unspecified atom stereocenters. The van der Waals surface area contributed by atoms with Crippen molar-refractivity contribution in [3.05, 3.63) is 60.4 Å². The van der Waals surface area contributed by atoms with E-state index in [-0.39, 0.29) is 6.03 Å². The molecule has 6 heteroatoms. The van der Waals surface area contributed by atoms with Crippen LogP contribution in [0, 0.1) is 0 Å². The Morgan fingerprint density at radius 3 is 2.62 bits per heavy atom. The van der Waals surface area contributed by atoms with Gasteiger partial charge < -0.3 is 10.6 Å². The zero-order valence-electron chi connectivity index (χ0n) is 14.7. The van der Waals surface area contributed by atoms with Crippen LogP contribution in [0.15, 0.2) is 54.9 Å². The van der Waals surface area contributed by atoms with Gasteiger partial charge in [0.2, 0.25) is 0 Å². The van der Waals surface area contributed by atoms with E-state index in [1.807, 2.05) is 24.5 Å². The lowest BCUT2D eigenvalue weighted by Crippen LogP contribution is -2.38. The lowest BCUT2D eigenvalue weighted by molar-refractivity contribution is 0.207. The summed E-state index contributed by atoms with van der Waals surface area (Å²) < 4.78 is 2.11. The summed E-state index contributed by atoms with van der Waals surface area (Å²) in [6, 6.07) is 16.4. The topological polar surface area (TPSA) is 67.4 Å². The van der Waals surface area contributed by atoms with Crippen LogP contribution >= 0.6 is 0 Å². The number of imidazole rings is 1. The molecule has 134 valence electrons. The van der Waals surface area contributed by atoms with Crippen molar-refractivity contribution in [1.29, 1.82) is 0 Å². The van der Waals surface area contributed by atoms with E-state index in [0.29, 0.717) is 6.54 Å². The number of benzene rings is 2. The summed E-state index contributed by atoms with van der Waals surface area (Å²) in [6.45, 7) is 4.18. The first kappa shape index (κ1) is 16.6. The fourth-order valence-electron chi connectivity index (χ4n) is 3.53. The van der Waals surface area contributed by atoms with Gasteiger partial charge in [-0.15, -0.1) is 0 Å². The maximum absolute atomic E-state index is 11.3. The minimum absolute atomic E-state index is 0.316. The van der Waals surface area contributed by atoms with E-state index in [1.54, 1.807) is 4.90 Å². The van der Waals surface area contributed by atoms with Crippen molar-refractivity contribution in [3.63, 3.8) is 0 Å². The molecule has 3 aromatic rings. The molecule has 1 saturated heterocycles. The zero-order valence-corrected chi connectivity index (χ0v) is 14.7. The summed E-state index contributed by atoms with van der Waals surface area (Å²) in [5, 5.41) is 0. The Bertz CT molecular complexity index is 902. The van der Waals surface area contributed by atoms with Gasteiger partial charge in [-0.2, -0.15) is 0 Å². The minimum atomic E-state index is -0.316. The van der Waals surface area contributed by atoms with E-state index in [2.05, 4.69) is 44.8 Å². The van der Waals surface area contributed by atoms with Crippen molar-refractivity contribution in [2.45, 2.75) is 13.0 Å². The molecule has 1 aliphatic heterocycles. The largest absolute Gasteiger partial charge is 0.351 e. The molecule has 0 saturated carbocycles. The number of fused-ring (bicyclic) bond motifs is 1. The van der Waals surface area contributed by atoms with E-state index < -0.39 is 0 Å². The van der Waals surface area contributed by atoms with E-state index >= 15 is 0 Å². The van der Waals surface area contributed by atoms with Gasteiger partial charge in [-0.1, -0.05) is 24.3 Å². The first-order valence-corrected chi connectivity index (χ1v) is 8.99. The molecule has 2 amide bonds. The molecule has 0 atom stereocenters. The second-order valence-corrected chi connectivity index (χ2v) is 6.72. The summed E-state index contributed by atoms with van der Waals surface area (Å²) in [6.07, 6.45) is 2.83. The van der Waals surface area contributed by atoms with Gasteiger partial charge in [0.25, 0.3) is 0 Å². The van der Waals surface area contributed by atoms with Crippen LogP contribution in [0.4, 0.5) is 4.79 Å². The number of carbonyl (C=O) groups is 1. The van der Waals surface area contributed by atoms with E-state index in [9.17, 15) is 4.79 Å². The molecule has 26 heavy (non-hydrogen) atoms. The molecule has 1 aliphatic rings. The molecule has 6 nitrogen and oxygen atoms in total. The molecule has 2 N–H and O–H groups in total. The second kappa shape index (κ2) is 7.17. The predicted molar refractivity (Wildman–Crippen MR) is 102 cm³/mol. The summed E-state index contributed by atoms with van der Waals surface area (Å²) in [5.41, 5.74) is 9.89. The van der Waals surface area contributed by atoms with Crippen molar-refractivity contribution >= 4 is 17.1 Å². The van der Waals surface area contributed by atoms with Gasteiger partial charge in [-0.3, -0.25) is 9.47 Å². The van der Waals surface area contributed by atoms with Crippen LogP contribution in [-0.2, 0) is 6.54 Å². The number of hydrogen-bond acceptors (Lipinski definition) is 3. The SMILES string of the molecule is NC(=O)N1CCCN(Cc2ccc(-n3cnc4ccccc43)cc2)CC1. The van der Waals surface area contributed by atoms with Gasteiger partial charge in [0.15, 0.2) is 0 Å². The lowest BCUT2D eigenvalue weighted by Gasteiger charge is -2.21. The number of urea groups is 1. The van der Waals surface area contributed by atoms with Crippen LogP contribution in [0.25, 0.3) is 16.7 Å². The Labute approximate surface area is 152 Å². The van der Waals surface area contributed by atoms with Gasteiger partial charge in [0.1, 0.15) is 6.33 Å². The summed E-state index contributed by atoms with van der Waals surface area (Å²) in [5.74, 6) is 0. The number of aromatic nitrogens is 2. The lowest BCUT2D eigenvalue weighted by atomic mass is 10.2. The van der Waals surface area contributed by atoms with Crippen LogP contribution < -0.4 is 5.73 Å². The third-order valence-corrected chi connectivity index (χ3v) is 4.97. The highest BCUT2D eigenvalue weighted by atomic mass is 16.2. The van der Waals surface area contributed by atoms with Crippen molar-refractivity contribution < 1.29 is 4.79 Å². The number of rotatable bonds is 3. The first-order chi connectivity index (χ1) is 12.7. The fourth-order valence-corrected chi connectivity index (χ4v) is 3.53. The van der Waals surface area contributed by atoms with Crippen molar-refractivity contribution in [2.75, 3.05) is 26.2 Å². The van der Waals surface area contributed by atoms with Crippen molar-refractivity contribution in [1.82, 2.24) is 19.4 Å². The van der Waals surface area contributed by atoms with E-state index in [1.165, 1.54) is 5.56 Å². The molecule has 2 heterocycles. The normalized spacial score (nSPS) is 15.9. The van der Waals surface area contributed by atoms with Crippen molar-refractivity contribution in [3.8, 4) is 5.69 Å². The molecule has 0 radical (unpaired) electrons. The van der Waals surface area contributed by atoms with Gasteiger partial charge in [-0.05, 0) is 36.2 Å². The molecule has 0 bridgehead atoms. The van der Waals surface area contributed by atoms with Crippen molar-refractivity contribution in [2.24, 2.45) is 5.73 Å². The zero-order chi connectivity index (χ0) is 17.9. The van der Waals surface area contributed by atoms with E-state index in [0.717, 1.165) is 49.3 Å². The highest BCUT2D eigenvalue weighted by molar-refractivity contribution is 5.77. The number of amides is 2. The van der Waals surface area contributed by atoms with Gasteiger partial charge in [0.05, 0.1) is 11.0 Å². The molecular formula is C20H23N5O. The van der Waals surface area contributed by atoms with E-state index in [4.69, 9.17) is 5.73 Å². The molecule has 0 spiro atoms. The predicted octanol–water partition coefficient (Wildman–Crippen LogP) is 2.61. The maximum atomic E-state index is 11.3. The standard InChI is InChI=1S/C20H23N5O/c21-20(26)24-11-3-10-23(12-13-24)14-16-6-8-17(9-7-16)25-15-22-18-4-1-2-5-19(18)25/h1-2,4-9,15H,3,10-14H2,(H2,21,26). The smallest absolute Gasteiger partial charge is 0.314 e. The number of nitrogens with two attached hydrogens (primary N) is 1. The second-order valence-electron chi connectivity index (χ2n) is 6.72. The summed E-state index contributed by atoms with van der Waals surface area (Å²) in [7, 11) is 0. The van der Waals surface area contributed by atoms with Crippen LogP contribution in [0.3, 0.4) is 0 Å². The molecule has 1 aromatic heterocycles. The molecule has 1 fully saturated rings. The Kier molecular flexibility index (Phi) is 4.58. The highest BCUT2D eigenvalue weighted by Crippen LogP contribution is 2.19.